The first-order chi connectivity index (χ1) is 8.80. The van der Waals surface area contributed by atoms with E-state index in [0.29, 0.717) is 16.5 Å². The van der Waals surface area contributed by atoms with Gasteiger partial charge in [-0.1, -0.05) is 11.6 Å². The number of hydrogen-bond donors (Lipinski definition) is 0. The molecule has 102 valence electrons. The van der Waals surface area contributed by atoms with Gasteiger partial charge < -0.3 is 18.8 Å². The molecule has 1 aromatic carbocycles. The summed E-state index contributed by atoms with van der Waals surface area (Å²) in [5, 5.41) is 0.578. The molecule has 1 fully saturated rings. The van der Waals surface area contributed by atoms with Crippen LogP contribution in [0.15, 0.2) is 12.1 Å². The van der Waals surface area contributed by atoms with Crippen LogP contribution in [0, 0.1) is 0 Å². The summed E-state index contributed by atoms with van der Waals surface area (Å²) in [5.74, 6) is 1.29. The molecule has 4 nitrogen and oxygen atoms in total. The standard InChI is InChI=1S/C13H16BClO4/c1-12(2)13(3,4)19-14(18-12)9-5-8(15)6-10-11(9)17-7-16-10/h5-6H,7H2,1-4H3. The van der Waals surface area contributed by atoms with Crippen LogP contribution in [0.2, 0.25) is 5.02 Å². The van der Waals surface area contributed by atoms with Crippen LogP contribution in [0.4, 0.5) is 0 Å². The van der Waals surface area contributed by atoms with Crippen molar-refractivity contribution in [3.63, 3.8) is 0 Å². The van der Waals surface area contributed by atoms with E-state index in [-0.39, 0.29) is 6.79 Å². The molecule has 2 aliphatic rings. The summed E-state index contributed by atoms with van der Waals surface area (Å²) in [5.41, 5.74) is -0.0165. The van der Waals surface area contributed by atoms with Gasteiger partial charge in [0, 0.05) is 16.6 Å². The first-order valence-electron chi connectivity index (χ1n) is 6.25. The second kappa shape index (κ2) is 4.04. The highest BCUT2D eigenvalue weighted by Crippen LogP contribution is 2.40. The molecule has 2 aliphatic heterocycles. The minimum atomic E-state index is -0.501. The van der Waals surface area contributed by atoms with Gasteiger partial charge in [-0.25, -0.2) is 0 Å². The van der Waals surface area contributed by atoms with E-state index >= 15 is 0 Å². The summed E-state index contributed by atoms with van der Waals surface area (Å²) in [6, 6.07) is 3.54. The van der Waals surface area contributed by atoms with Crippen LogP contribution in [0.3, 0.4) is 0 Å². The van der Waals surface area contributed by atoms with Crippen LogP contribution in [0.25, 0.3) is 0 Å². The number of halogens is 1. The molecule has 0 aromatic heterocycles. The first kappa shape index (κ1) is 13.1. The summed E-state index contributed by atoms with van der Waals surface area (Å²) in [6.07, 6.45) is 0. The van der Waals surface area contributed by atoms with Gasteiger partial charge in [-0.3, -0.25) is 0 Å². The van der Waals surface area contributed by atoms with Crippen molar-refractivity contribution in [3.05, 3.63) is 17.2 Å². The topological polar surface area (TPSA) is 36.9 Å². The Morgan fingerprint density at radius 1 is 1.05 bits per heavy atom. The Morgan fingerprint density at radius 2 is 1.68 bits per heavy atom. The Kier molecular flexibility index (Phi) is 2.79. The SMILES string of the molecule is CC1(C)OB(c2cc(Cl)cc3c2OCO3)OC1(C)C. The smallest absolute Gasteiger partial charge is 0.454 e. The first-order valence-corrected chi connectivity index (χ1v) is 6.63. The predicted octanol–water partition coefficient (Wildman–Crippen LogP) is 2.37. The number of fused-ring (bicyclic) bond motifs is 1. The molecule has 0 bridgehead atoms. The van der Waals surface area contributed by atoms with E-state index in [1.807, 2.05) is 27.7 Å². The highest BCUT2D eigenvalue weighted by Gasteiger charge is 2.53. The largest absolute Gasteiger partial charge is 0.498 e. The summed E-state index contributed by atoms with van der Waals surface area (Å²) in [4.78, 5) is 0. The van der Waals surface area contributed by atoms with Crippen LogP contribution in [-0.2, 0) is 9.31 Å². The van der Waals surface area contributed by atoms with E-state index in [1.54, 1.807) is 12.1 Å². The Balaban J connectivity index is 2.01. The lowest BCUT2D eigenvalue weighted by Crippen LogP contribution is -2.41. The molecule has 2 heterocycles. The minimum absolute atomic E-state index is 0.197. The number of hydrogen-bond acceptors (Lipinski definition) is 4. The van der Waals surface area contributed by atoms with E-state index in [9.17, 15) is 0 Å². The van der Waals surface area contributed by atoms with Crippen molar-refractivity contribution in [3.8, 4) is 11.5 Å². The average Bonchev–Trinajstić information content (AvgIpc) is 2.80. The molecule has 0 amide bonds. The van der Waals surface area contributed by atoms with Crippen LogP contribution in [0.1, 0.15) is 27.7 Å². The molecular weight excluding hydrogens is 266 g/mol. The van der Waals surface area contributed by atoms with Crippen molar-refractivity contribution < 1.29 is 18.8 Å². The van der Waals surface area contributed by atoms with Crippen molar-refractivity contribution in [1.82, 2.24) is 0 Å². The summed E-state index contributed by atoms with van der Waals surface area (Å²) in [6.45, 7) is 8.23. The molecule has 0 atom stereocenters. The number of ether oxygens (including phenoxy) is 2. The van der Waals surface area contributed by atoms with E-state index in [2.05, 4.69) is 0 Å². The molecular formula is C13H16BClO4. The normalized spacial score (nSPS) is 22.9. The van der Waals surface area contributed by atoms with Crippen LogP contribution in [0.5, 0.6) is 11.5 Å². The summed E-state index contributed by atoms with van der Waals surface area (Å²) in [7, 11) is -0.501. The fraction of sp³-hybridized carbons (Fsp3) is 0.538. The van der Waals surface area contributed by atoms with Gasteiger partial charge in [0.1, 0.15) is 0 Å². The van der Waals surface area contributed by atoms with E-state index in [0.717, 1.165) is 5.46 Å². The molecule has 1 saturated heterocycles. The maximum atomic E-state index is 6.10. The zero-order valence-corrected chi connectivity index (χ0v) is 12.2. The molecule has 0 aliphatic carbocycles. The fourth-order valence-corrected chi connectivity index (χ4v) is 2.36. The molecule has 1 aromatic rings. The third-order valence-corrected chi connectivity index (χ3v) is 4.19. The summed E-state index contributed by atoms with van der Waals surface area (Å²) < 4.78 is 22.9. The maximum Gasteiger partial charge on any atom is 0.498 e. The highest BCUT2D eigenvalue weighted by atomic mass is 35.5. The van der Waals surface area contributed by atoms with Gasteiger partial charge in [-0.05, 0) is 33.8 Å². The fourth-order valence-electron chi connectivity index (χ4n) is 2.15. The van der Waals surface area contributed by atoms with Crippen LogP contribution in [-0.4, -0.2) is 25.1 Å². The van der Waals surface area contributed by atoms with Crippen LogP contribution >= 0.6 is 11.6 Å². The Labute approximate surface area is 118 Å². The van der Waals surface area contributed by atoms with Crippen molar-refractivity contribution in [2.75, 3.05) is 6.79 Å². The molecule has 0 spiro atoms. The molecule has 19 heavy (non-hydrogen) atoms. The lowest BCUT2D eigenvalue weighted by molar-refractivity contribution is 0.00578. The Morgan fingerprint density at radius 3 is 2.32 bits per heavy atom. The second-order valence-corrected chi connectivity index (χ2v) is 6.25. The van der Waals surface area contributed by atoms with Gasteiger partial charge in [0.25, 0.3) is 0 Å². The lowest BCUT2D eigenvalue weighted by atomic mass is 9.78. The van der Waals surface area contributed by atoms with Crippen molar-refractivity contribution in [2.45, 2.75) is 38.9 Å². The average molecular weight is 283 g/mol. The van der Waals surface area contributed by atoms with Gasteiger partial charge >= 0.3 is 7.12 Å². The monoisotopic (exact) mass is 282 g/mol. The van der Waals surface area contributed by atoms with Gasteiger partial charge in [-0.15, -0.1) is 0 Å². The van der Waals surface area contributed by atoms with Crippen molar-refractivity contribution in [1.29, 1.82) is 0 Å². The van der Waals surface area contributed by atoms with Crippen molar-refractivity contribution >= 4 is 24.2 Å². The van der Waals surface area contributed by atoms with Gasteiger partial charge in [0.2, 0.25) is 6.79 Å². The maximum absolute atomic E-state index is 6.10. The molecule has 0 unspecified atom stereocenters. The van der Waals surface area contributed by atoms with E-state index in [4.69, 9.17) is 30.4 Å². The third-order valence-electron chi connectivity index (χ3n) is 3.97. The lowest BCUT2D eigenvalue weighted by Gasteiger charge is -2.32. The molecule has 6 heteroatoms. The predicted molar refractivity (Wildman–Crippen MR) is 73.3 cm³/mol. The molecule has 0 saturated carbocycles. The molecule has 0 radical (unpaired) electrons. The zero-order valence-electron chi connectivity index (χ0n) is 11.5. The van der Waals surface area contributed by atoms with E-state index in [1.165, 1.54) is 0 Å². The van der Waals surface area contributed by atoms with Gasteiger partial charge in [0.05, 0.1) is 11.2 Å². The van der Waals surface area contributed by atoms with Crippen molar-refractivity contribution in [2.24, 2.45) is 0 Å². The van der Waals surface area contributed by atoms with Gasteiger partial charge in [0.15, 0.2) is 11.5 Å². The zero-order chi connectivity index (χ0) is 13.8. The number of benzene rings is 1. The second-order valence-electron chi connectivity index (χ2n) is 5.82. The van der Waals surface area contributed by atoms with Gasteiger partial charge in [-0.2, -0.15) is 0 Å². The summed E-state index contributed by atoms with van der Waals surface area (Å²) >= 11 is 6.10. The van der Waals surface area contributed by atoms with E-state index < -0.39 is 18.3 Å². The highest BCUT2D eigenvalue weighted by molar-refractivity contribution is 6.63. The quantitative estimate of drug-likeness (QED) is 0.741. The minimum Gasteiger partial charge on any atom is -0.454 e. The third kappa shape index (κ3) is 2.00. The Hall–Kier alpha value is -0.905. The molecule has 0 N–H and O–H groups in total. The molecule has 3 rings (SSSR count). The number of rotatable bonds is 1. The Bertz CT molecular complexity index is 514. The van der Waals surface area contributed by atoms with Crippen LogP contribution < -0.4 is 14.9 Å².